The first-order valence-corrected chi connectivity index (χ1v) is 3.56. The molecule has 0 saturated carbocycles. The summed E-state index contributed by atoms with van der Waals surface area (Å²) in [6, 6.07) is 0. The summed E-state index contributed by atoms with van der Waals surface area (Å²) in [6.45, 7) is 0.167. The maximum absolute atomic E-state index is 11.7. The minimum Gasteiger partial charge on any atom is -0.409 e. The van der Waals surface area contributed by atoms with Crippen LogP contribution in [0.5, 0.6) is 0 Å². The number of nitrogens with two attached hydrogens (primary N) is 1. The van der Waals surface area contributed by atoms with Gasteiger partial charge in [-0.1, -0.05) is 12.1 Å². The van der Waals surface area contributed by atoms with Crippen molar-refractivity contribution in [1.29, 1.82) is 0 Å². The van der Waals surface area contributed by atoms with Crippen LogP contribution in [0.25, 0.3) is 0 Å². The molecule has 0 aliphatic heterocycles. The predicted octanol–water partition coefficient (Wildman–Crippen LogP) is 1.09. The smallest absolute Gasteiger partial charge is 0.409 e. The lowest BCUT2D eigenvalue weighted by atomic mass is 10.2. The number of ether oxygens (including phenoxy) is 1. The summed E-state index contributed by atoms with van der Waals surface area (Å²) in [5, 5.41) is 10.7. The van der Waals surface area contributed by atoms with Crippen LogP contribution in [0.3, 0.4) is 0 Å². The van der Waals surface area contributed by atoms with E-state index in [4.69, 9.17) is 10.9 Å². The Balaban J connectivity index is 4.01. The van der Waals surface area contributed by atoms with Crippen molar-refractivity contribution in [3.8, 4) is 0 Å². The summed E-state index contributed by atoms with van der Waals surface area (Å²) < 4.78 is 39.3. The number of hydrogen-bond donors (Lipinski definition) is 2. The van der Waals surface area contributed by atoms with Gasteiger partial charge < -0.3 is 15.7 Å². The Kier molecular flexibility index (Phi) is 4.53. The molecule has 3 N–H and O–H groups in total. The van der Waals surface area contributed by atoms with E-state index in [1.807, 2.05) is 0 Å². The van der Waals surface area contributed by atoms with Gasteiger partial charge in [0.15, 0.2) is 5.84 Å². The zero-order chi connectivity index (χ0) is 10.5. The van der Waals surface area contributed by atoms with Crippen LogP contribution in [0.1, 0.15) is 13.3 Å². The fourth-order valence-corrected chi connectivity index (χ4v) is 0.672. The molecule has 0 fully saturated rings. The van der Waals surface area contributed by atoms with E-state index in [1.54, 1.807) is 6.92 Å². The molecule has 0 spiro atoms. The zero-order valence-corrected chi connectivity index (χ0v) is 7.01. The summed E-state index contributed by atoms with van der Waals surface area (Å²) >= 11 is 0. The van der Waals surface area contributed by atoms with E-state index in [0.29, 0.717) is 0 Å². The van der Waals surface area contributed by atoms with Crippen LogP contribution < -0.4 is 5.73 Å². The van der Waals surface area contributed by atoms with Crippen LogP contribution in [0.2, 0.25) is 0 Å². The van der Waals surface area contributed by atoms with Crippen molar-refractivity contribution in [1.82, 2.24) is 0 Å². The molecular weight excluding hydrogens is 189 g/mol. The Labute approximate surface area is 73.2 Å². The number of halogens is 3. The van der Waals surface area contributed by atoms with E-state index in [9.17, 15) is 13.2 Å². The zero-order valence-electron chi connectivity index (χ0n) is 7.01. The van der Waals surface area contributed by atoms with Crippen molar-refractivity contribution in [2.75, 3.05) is 6.61 Å². The van der Waals surface area contributed by atoms with Crippen LogP contribution >= 0.6 is 0 Å². The highest BCUT2D eigenvalue weighted by atomic mass is 19.4. The molecule has 0 rings (SSSR count). The molecule has 0 aliphatic rings. The second-order valence-electron chi connectivity index (χ2n) is 2.35. The predicted molar refractivity (Wildman–Crippen MR) is 39.5 cm³/mol. The molecule has 13 heavy (non-hydrogen) atoms. The first kappa shape index (κ1) is 12.0. The van der Waals surface area contributed by atoms with E-state index in [2.05, 4.69) is 9.89 Å². The molecule has 0 aromatic rings. The number of alkyl halides is 3. The van der Waals surface area contributed by atoms with Gasteiger partial charge in [-0.15, -0.1) is 0 Å². The summed E-state index contributed by atoms with van der Waals surface area (Å²) in [7, 11) is 0. The van der Waals surface area contributed by atoms with Crippen molar-refractivity contribution in [2.45, 2.75) is 25.6 Å². The Hall–Kier alpha value is -0.980. The molecule has 4 nitrogen and oxygen atoms in total. The molecule has 0 aromatic heterocycles. The van der Waals surface area contributed by atoms with Gasteiger partial charge in [0.05, 0.1) is 0 Å². The summed E-state index contributed by atoms with van der Waals surface area (Å²) in [4.78, 5) is 0. The summed E-state index contributed by atoms with van der Waals surface area (Å²) in [5.74, 6) is -0.355. The largest absolute Gasteiger partial charge is 0.411 e. The quantitative estimate of drug-likeness (QED) is 0.309. The third-order valence-corrected chi connectivity index (χ3v) is 1.26. The molecule has 0 amide bonds. The van der Waals surface area contributed by atoms with Gasteiger partial charge in [-0.05, 0) is 6.42 Å². The Morgan fingerprint density at radius 2 is 2.15 bits per heavy atom. The van der Waals surface area contributed by atoms with E-state index in [1.165, 1.54) is 0 Å². The van der Waals surface area contributed by atoms with Crippen LogP contribution in [0.15, 0.2) is 5.16 Å². The molecule has 0 aliphatic carbocycles. The molecule has 78 valence electrons. The van der Waals surface area contributed by atoms with E-state index < -0.39 is 18.9 Å². The molecule has 0 heterocycles. The Bertz CT molecular complexity index is 181. The third kappa shape index (κ3) is 5.29. The third-order valence-electron chi connectivity index (χ3n) is 1.26. The number of oxime groups is 1. The minimum atomic E-state index is -4.40. The Morgan fingerprint density at radius 1 is 1.62 bits per heavy atom. The molecular formula is C6H11F3N2O2. The number of nitrogens with zero attached hydrogens (tertiary/aromatic N) is 1. The molecule has 0 bridgehead atoms. The van der Waals surface area contributed by atoms with Gasteiger partial charge in [0.1, 0.15) is 12.7 Å². The topological polar surface area (TPSA) is 67.8 Å². The van der Waals surface area contributed by atoms with Gasteiger partial charge in [0.2, 0.25) is 0 Å². The first-order valence-electron chi connectivity index (χ1n) is 3.56. The van der Waals surface area contributed by atoms with Crippen molar-refractivity contribution in [3.63, 3.8) is 0 Å². The minimum absolute atomic E-state index is 0.214. The van der Waals surface area contributed by atoms with Gasteiger partial charge in [-0.2, -0.15) is 13.2 Å². The molecule has 0 saturated heterocycles. The van der Waals surface area contributed by atoms with Crippen LogP contribution in [0.4, 0.5) is 13.2 Å². The van der Waals surface area contributed by atoms with E-state index >= 15 is 0 Å². The number of amidine groups is 1. The van der Waals surface area contributed by atoms with Crippen LogP contribution in [0, 0.1) is 0 Å². The van der Waals surface area contributed by atoms with Gasteiger partial charge in [0, 0.05) is 0 Å². The average Bonchev–Trinajstić information content (AvgIpc) is 2.03. The highest BCUT2D eigenvalue weighted by Crippen LogP contribution is 2.16. The molecule has 0 radical (unpaired) electrons. The van der Waals surface area contributed by atoms with Crippen molar-refractivity contribution in [3.05, 3.63) is 0 Å². The monoisotopic (exact) mass is 200 g/mol. The number of rotatable bonds is 4. The normalized spacial score (nSPS) is 15.8. The second-order valence-corrected chi connectivity index (χ2v) is 2.35. The van der Waals surface area contributed by atoms with Crippen molar-refractivity contribution < 1.29 is 23.1 Å². The maximum atomic E-state index is 11.7. The second kappa shape index (κ2) is 4.90. The molecule has 7 heteroatoms. The average molecular weight is 200 g/mol. The van der Waals surface area contributed by atoms with Gasteiger partial charge >= 0.3 is 6.18 Å². The van der Waals surface area contributed by atoms with Crippen molar-refractivity contribution >= 4 is 5.84 Å². The lowest BCUT2D eigenvalue weighted by Crippen LogP contribution is -2.34. The maximum Gasteiger partial charge on any atom is 0.411 e. The van der Waals surface area contributed by atoms with Crippen molar-refractivity contribution in [2.24, 2.45) is 10.9 Å². The standard InChI is InChI=1S/C6H11F3N2O2/c1-2-4(5(10)11-12)13-3-6(7,8)9/h4,12H,2-3H2,1H3,(H2,10,11). The van der Waals surface area contributed by atoms with Gasteiger partial charge in [-0.25, -0.2) is 0 Å². The van der Waals surface area contributed by atoms with Crippen LogP contribution in [-0.4, -0.2) is 29.9 Å². The summed E-state index contributed by atoms with van der Waals surface area (Å²) in [6.07, 6.45) is -5.18. The number of hydrogen-bond acceptors (Lipinski definition) is 3. The highest BCUT2D eigenvalue weighted by molar-refractivity contribution is 5.84. The summed E-state index contributed by atoms with van der Waals surface area (Å²) in [5.41, 5.74) is 5.06. The van der Waals surface area contributed by atoms with Gasteiger partial charge in [-0.3, -0.25) is 0 Å². The Morgan fingerprint density at radius 3 is 2.46 bits per heavy atom. The van der Waals surface area contributed by atoms with E-state index in [0.717, 1.165) is 0 Å². The SMILES string of the molecule is CCC(OCC(F)(F)F)C(N)=NO. The molecule has 1 atom stereocenters. The molecule has 1 unspecified atom stereocenters. The van der Waals surface area contributed by atoms with Gasteiger partial charge in [0.25, 0.3) is 0 Å². The molecule has 0 aromatic carbocycles. The first-order chi connectivity index (χ1) is 5.90. The highest BCUT2D eigenvalue weighted by Gasteiger charge is 2.29. The van der Waals surface area contributed by atoms with Crippen LogP contribution in [-0.2, 0) is 4.74 Å². The fraction of sp³-hybridized carbons (Fsp3) is 0.833. The van der Waals surface area contributed by atoms with E-state index in [-0.39, 0.29) is 12.3 Å². The lowest BCUT2D eigenvalue weighted by Gasteiger charge is -2.15. The lowest BCUT2D eigenvalue weighted by molar-refractivity contribution is -0.179. The fourth-order valence-electron chi connectivity index (χ4n) is 0.672.